The number of hydrogen-bond acceptors (Lipinski definition) is 4. The first-order valence-corrected chi connectivity index (χ1v) is 9.66. The summed E-state index contributed by atoms with van der Waals surface area (Å²) in [6.07, 6.45) is 1.57. The van der Waals surface area contributed by atoms with Gasteiger partial charge < -0.3 is 19.3 Å². The van der Waals surface area contributed by atoms with Crippen LogP contribution in [0, 0.1) is 6.92 Å². The molecule has 5 heteroatoms. The van der Waals surface area contributed by atoms with E-state index < -0.39 is 0 Å². The van der Waals surface area contributed by atoms with Crippen LogP contribution in [0.1, 0.15) is 24.0 Å². The third kappa shape index (κ3) is 4.08. The third-order valence-corrected chi connectivity index (χ3v) is 5.22. The summed E-state index contributed by atoms with van der Waals surface area (Å²) >= 11 is 0. The number of hydrogen-bond donors (Lipinski definition) is 0. The van der Waals surface area contributed by atoms with Crippen molar-refractivity contribution in [2.45, 2.75) is 26.4 Å². The van der Waals surface area contributed by atoms with Gasteiger partial charge in [-0.3, -0.25) is 4.79 Å². The SMILES string of the molecule is Cc1ccc(OCc2cc(N3CCCC3=O)ccc2N2CCOCC2)cc1. The van der Waals surface area contributed by atoms with Gasteiger partial charge in [-0.05, 0) is 43.7 Å². The molecule has 0 atom stereocenters. The molecule has 0 spiro atoms. The Kier molecular flexibility index (Phi) is 5.30. The number of nitrogens with zero attached hydrogens (tertiary/aromatic N) is 2. The number of anilines is 2. The summed E-state index contributed by atoms with van der Waals surface area (Å²) in [5.74, 6) is 1.07. The quantitative estimate of drug-likeness (QED) is 0.812. The fourth-order valence-corrected chi connectivity index (χ4v) is 3.68. The first kappa shape index (κ1) is 17.9. The zero-order chi connectivity index (χ0) is 18.6. The van der Waals surface area contributed by atoms with Crippen LogP contribution in [0.3, 0.4) is 0 Å². The van der Waals surface area contributed by atoms with Crippen molar-refractivity contribution in [1.29, 1.82) is 0 Å². The molecule has 2 aromatic carbocycles. The highest BCUT2D eigenvalue weighted by Gasteiger charge is 2.23. The van der Waals surface area contributed by atoms with Crippen LogP contribution in [0.15, 0.2) is 42.5 Å². The van der Waals surface area contributed by atoms with Gasteiger partial charge in [0, 0.05) is 43.0 Å². The first-order chi connectivity index (χ1) is 13.2. The van der Waals surface area contributed by atoms with Gasteiger partial charge in [0.1, 0.15) is 12.4 Å². The molecule has 2 aliphatic rings. The number of amides is 1. The number of aryl methyl sites for hydroxylation is 1. The van der Waals surface area contributed by atoms with Crippen LogP contribution in [-0.2, 0) is 16.1 Å². The number of benzene rings is 2. The predicted octanol–water partition coefficient (Wildman–Crippen LogP) is 3.54. The Morgan fingerprint density at radius 1 is 1.04 bits per heavy atom. The topological polar surface area (TPSA) is 42.0 Å². The molecule has 2 saturated heterocycles. The smallest absolute Gasteiger partial charge is 0.227 e. The van der Waals surface area contributed by atoms with Crippen LogP contribution in [0.2, 0.25) is 0 Å². The van der Waals surface area contributed by atoms with Crippen molar-refractivity contribution < 1.29 is 14.3 Å². The fourth-order valence-electron chi connectivity index (χ4n) is 3.68. The highest BCUT2D eigenvalue weighted by molar-refractivity contribution is 5.95. The van der Waals surface area contributed by atoms with Gasteiger partial charge in [0.25, 0.3) is 0 Å². The second-order valence-electron chi connectivity index (χ2n) is 7.16. The van der Waals surface area contributed by atoms with E-state index in [0.29, 0.717) is 13.0 Å². The van der Waals surface area contributed by atoms with Gasteiger partial charge in [0.2, 0.25) is 5.91 Å². The Labute approximate surface area is 160 Å². The lowest BCUT2D eigenvalue weighted by Gasteiger charge is -2.31. The van der Waals surface area contributed by atoms with E-state index in [1.54, 1.807) is 0 Å². The van der Waals surface area contributed by atoms with Gasteiger partial charge in [-0.2, -0.15) is 0 Å². The molecule has 0 saturated carbocycles. The largest absolute Gasteiger partial charge is 0.489 e. The van der Waals surface area contributed by atoms with E-state index in [0.717, 1.165) is 56.3 Å². The highest BCUT2D eigenvalue weighted by Crippen LogP contribution is 2.30. The van der Waals surface area contributed by atoms with E-state index in [1.807, 2.05) is 17.0 Å². The lowest BCUT2D eigenvalue weighted by atomic mass is 10.1. The fraction of sp³-hybridized carbons (Fsp3) is 0.409. The predicted molar refractivity (Wildman–Crippen MR) is 107 cm³/mol. The van der Waals surface area contributed by atoms with Gasteiger partial charge in [-0.1, -0.05) is 17.7 Å². The molecule has 4 rings (SSSR count). The molecule has 0 N–H and O–H groups in total. The number of morpholine rings is 1. The summed E-state index contributed by atoms with van der Waals surface area (Å²) in [6, 6.07) is 14.4. The minimum Gasteiger partial charge on any atom is -0.489 e. The molecule has 0 aliphatic carbocycles. The van der Waals surface area contributed by atoms with Crippen molar-refractivity contribution >= 4 is 17.3 Å². The molecular weight excluding hydrogens is 340 g/mol. The molecule has 2 aliphatic heterocycles. The van der Waals surface area contributed by atoms with Crippen molar-refractivity contribution in [2.24, 2.45) is 0 Å². The van der Waals surface area contributed by atoms with Crippen LogP contribution in [0.25, 0.3) is 0 Å². The molecule has 1 amide bonds. The van der Waals surface area contributed by atoms with Crippen molar-refractivity contribution in [3.63, 3.8) is 0 Å². The van der Waals surface area contributed by atoms with E-state index in [2.05, 4.69) is 42.2 Å². The number of rotatable bonds is 5. The average molecular weight is 366 g/mol. The van der Waals surface area contributed by atoms with Crippen LogP contribution in [0.4, 0.5) is 11.4 Å². The third-order valence-electron chi connectivity index (χ3n) is 5.22. The van der Waals surface area contributed by atoms with Crippen molar-refractivity contribution in [2.75, 3.05) is 42.6 Å². The monoisotopic (exact) mass is 366 g/mol. The molecule has 2 aromatic rings. The summed E-state index contributed by atoms with van der Waals surface area (Å²) < 4.78 is 11.6. The van der Waals surface area contributed by atoms with Gasteiger partial charge >= 0.3 is 0 Å². The Hall–Kier alpha value is -2.53. The summed E-state index contributed by atoms with van der Waals surface area (Å²) in [7, 11) is 0. The molecule has 5 nitrogen and oxygen atoms in total. The van der Waals surface area contributed by atoms with E-state index in [4.69, 9.17) is 9.47 Å². The molecule has 142 valence electrons. The standard InChI is InChI=1S/C22H26N2O3/c1-17-4-7-20(8-5-17)27-16-18-15-19(24-10-2-3-22(24)25)6-9-21(18)23-11-13-26-14-12-23/h4-9,15H,2-3,10-14,16H2,1H3. The Morgan fingerprint density at radius 3 is 2.52 bits per heavy atom. The maximum Gasteiger partial charge on any atom is 0.227 e. The second-order valence-corrected chi connectivity index (χ2v) is 7.16. The number of carbonyl (C=O) groups is 1. The molecule has 0 aromatic heterocycles. The maximum atomic E-state index is 12.2. The first-order valence-electron chi connectivity index (χ1n) is 9.66. The molecule has 2 fully saturated rings. The molecule has 0 radical (unpaired) electrons. The summed E-state index contributed by atoms with van der Waals surface area (Å²) in [6.45, 7) is 6.57. The summed E-state index contributed by atoms with van der Waals surface area (Å²) in [5.41, 5.74) is 4.46. The minimum absolute atomic E-state index is 0.208. The average Bonchev–Trinajstić information content (AvgIpc) is 3.14. The van der Waals surface area contributed by atoms with Crippen LogP contribution in [-0.4, -0.2) is 38.8 Å². The molecule has 27 heavy (non-hydrogen) atoms. The van der Waals surface area contributed by atoms with E-state index in [9.17, 15) is 4.79 Å². The molecule has 2 heterocycles. The molecular formula is C22H26N2O3. The van der Waals surface area contributed by atoms with Crippen molar-refractivity contribution in [1.82, 2.24) is 0 Å². The van der Waals surface area contributed by atoms with Gasteiger partial charge in [-0.15, -0.1) is 0 Å². The number of carbonyl (C=O) groups excluding carboxylic acids is 1. The van der Waals surface area contributed by atoms with Crippen LogP contribution < -0.4 is 14.5 Å². The van der Waals surface area contributed by atoms with E-state index in [1.165, 1.54) is 11.3 Å². The van der Waals surface area contributed by atoms with E-state index in [-0.39, 0.29) is 5.91 Å². The normalized spacial score (nSPS) is 17.4. The van der Waals surface area contributed by atoms with Crippen LogP contribution in [0.5, 0.6) is 5.75 Å². The maximum absolute atomic E-state index is 12.2. The van der Waals surface area contributed by atoms with Crippen molar-refractivity contribution in [3.05, 3.63) is 53.6 Å². The second kappa shape index (κ2) is 8.01. The zero-order valence-electron chi connectivity index (χ0n) is 15.8. The highest BCUT2D eigenvalue weighted by atomic mass is 16.5. The lowest BCUT2D eigenvalue weighted by molar-refractivity contribution is -0.117. The molecule has 0 unspecified atom stereocenters. The van der Waals surface area contributed by atoms with Gasteiger partial charge in [0.15, 0.2) is 0 Å². The van der Waals surface area contributed by atoms with Gasteiger partial charge in [-0.25, -0.2) is 0 Å². The summed E-state index contributed by atoms with van der Waals surface area (Å²) in [5, 5.41) is 0. The Morgan fingerprint density at radius 2 is 1.81 bits per heavy atom. The van der Waals surface area contributed by atoms with Crippen LogP contribution >= 0.6 is 0 Å². The lowest BCUT2D eigenvalue weighted by Crippen LogP contribution is -2.37. The summed E-state index contributed by atoms with van der Waals surface area (Å²) in [4.78, 5) is 16.4. The number of ether oxygens (including phenoxy) is 2. The Bertz CT molecular complexity index is 798. The Balaban J connectivity index is 1.59. The molecule has 0 bridgehead atoms. The van der Waals surface area contributed by atoms with E-state index >= 15 is 0 Å². The minimum atomic E-state index is 0.208. The van der Waals surface area contributed by atoms with Gasteiger partial charge in [0.05, 0.1) is 13.2 Å². The van der Waals surface area contributed by atoms with Crippen molar-refractivity contribution in [3.8, 4) is 5.75 Å². The zero-order valence-corrected chi connectivity index (χ0v) is 15.8.